The van der Waals surface area contributed by atoms with Crippen molar-refractivity contribution in [2.75, 3.05) is 38.6 Å². The molecule has 1 aliphatic carbocycles. The monoisotopic (exact) mass is 469 g/mol. The largest absolute Gasteiger partial charge is 0.453 e. The van der Waals surface area contributed by atoms with Crippen LogP contribution >= 0.6 is 0 Å². The SMILES string of the molecule is COC(=O)N1CCN(C2Cc3ccc(NC(=O)c4ccccc4-c4ccc(C)cc4)cc3C2)CC1. The third kappa shape index (κ3) is 4.93. The first-order valence-corrected chi connectivity index (χ1v) is 12.2. The van der Waals surface area contributed by atoms with Gasteiger partial charge in [-0.25, -0.2) is 4.79 Å². The van der Waals surface area contributed by atoms with Crippen LogP contribution in [0.15, 0.2) is 66.7 Å². The van der Waals surface area contributed by atoms with Crippen LogP contribution in [0.25, 0.3) is 11.1 Å². The van der Waals surface area contributed by atoms with Crippen molar-refractivity contribution in [3.8, 4) is 11.1 Å². The highest BCUT2D eigenvalue weighted by Crippen LogP contribution is 2.30. The Hall–Kier alpha value is -3.64. The van der Waals surface area contributed by atoms with Gasteiger partial charge in [0, 0.05) is 43.5 Å². The Morgan fingerprint density at radius 1 is 0.886 bits per heavy atom. The van der Waals surface area contributed by atoms with Gasteiger partial charge in [-0.15, -0.1) is 0 Å². The zero-order valence-electron chi connectivity index (χ0n) is 20.3. The quantitative estimate of drug-likeness (QED) is 0.598. The molecule has 0 aromatic heterocycles. The molecule has 2 amide bonds. The van der Waals surface area contributed by atoms with Gasteiger partial charge in [0.1, 0.15) is 0 Å². The summed E-state index contributed by atoms with van der Waals surface area (Å²) in [5, 5.41) is 3.12. The number of carbonyl (C=O) groups excluding carboxylic acids is 2. The van der Waals surface area contributed by atoms with Crippen LogP contribution in [0, 0.1) is 6.92 Å². The number of carbonyl (C=O) groups is 2. The molecule has 1 saturated heterocycles. The number of hydrogen-bond acceptors (Lipinski definition) is 4. The smallest absolute Gasteiger partial charge is 0.409 e. The Labute approximate surface area is 206 Å². The minimum Gasteiger partial charge on any atom is -0.453 e. The number of anilines is 1. The number of fused-ring (bicyclic) bond motifs is 1. The maximum atomic E-state index is 13.2. The third-order valence-electron chi connectivity index (χ3n) is 7.17. The molecule has 1 atom stereocenters. The maximum Gasteiger partial charge on any atom is 0.409 e. The van der Waals surface area contributed by atoms with Gasteiger partial charge in [0.25, 0.3) is 5.91 Å². The second-order valence-corrected chi connectivity index (χ2v) is 9.40. The number of nitrogens with one attached hydrogen (secondary N) is 1. The molecular weight excluding hydrogens is 438 g/mol. The number of rotatable bonds is 4. The molecule has 5 rings (SSSR count). The maximum absolute atomic E-state index is 13.2. The highest BCUT2D eigenvalue weighted by atomic mass is 16.5. The summed E-state index contributed by atoms with van der Waals surface area (Å²) in [6.07, 6.45) is 1.71. The molecule has 6 heteroatoms. The van der Waals surface area contributed by atoms with E-state index in [4.69, 9.17) is 4.74 Å². The lowest BCUT2D eigenvalue weighted by atomic mass is 9.98. The van der Waals surface area contributed by atoms with E-state index >= 15 is 0 Å². The lowest BCUT2D eigenvalue weighted by Crippen LogP contribution is -2.52. The van der Waals surface area contributed by atoms with Crippen molar-refractivity contribution in [1.82, 2.24) is 9.80 Å². The Bertz CT molecular complexity index is 1230. The molecule has 1 unspecified atom stereocenters. The number of methoxy groups -OCH3 is 1. The average Bonchev–Trinajstić information content (AvgIpc) is 3.32. The summed E-state index contributed by atoms with van der Waals surface area (Å²) < 4.78 is 4.85. The first-order chi connectivity index (χ1) is 17.0. The minimum atomic E-state index is -0.247. The molecule has 3 aromatic rings. The molecule has 6 nitrogen and oxygen atoms in total. The molecule has 0 spiro atoms. The molecular formula is C29H31N3O3. The Kier molecular flexibility index (Phi) is 6.55. The lowest BCUT2D eigenvalue weighted by molar-refractivity contribution is 0.0763. The molecule has 0 radical (unpaired) electrons. The molecule has 1 fully saturated rings. The van der Waals surface area contributed by atoms with Crippen molar-refractivity contribution in [2.24, 2.45) is 0 Å². The zero-order chi connectivity index (χ0) is 24.4. The standard InChI is InChI=1S/C29H31N3O3/c1-20-7-9-21(10-8-20)26-5-3-4-6-27(26)28(33)30-24-12-11-22-18-25(19-23(22)17-24)31-13-15-32(16-14-31)29(34)35-2/h3-12,17,25H,13-16,18-19H2,1-2H3,(H,30,33). The third-order valence-corrected chi connectivity index (χ3v) is 7.17. The Morgan fingerprint density at radius 2 is 1.60 bits per heavy atom. The normalized spacial score (nSPS) is 17.7. The van der Waals surface area contributed by atoms with Gasteiger partial charge in [-0.2, -0.15) is 0 Å². The number of aryl methyl sites for hydroxylation is 1. The Morgan fingerprint density at radius 3 is 2.34 bits per heavy atom. The summed E-state index contributed by atoms with van der Waals surface area (Å²) in [6, 6.07) is 22.7. The van der Waals surface area contributed by atoms with E-state index in [1.54, 1.807) is 4.90 Å². The van der Waals surface area contributed by atoms with Crippen molar-refractivity contribution in [2.45, 2.75) is 25.8 Å². The second-order valence-electron chi connectivity index (χ2n) is 9.40. The van der Waals surface area contributed by atoms with Gasteiger partial charge >= 0.3 is 6.09 Å². The highest BCUT2D eigenvalue weighted by molar-refractivity contribution is 6.08. The van der Waals surface area contributed by atoms with Crippen LogP contribution in [-0.2, 0) is 17.6 Å². The highest BCUT2D eigenvalue weighted by Gasteiger charge is 2.31. The van der Waals surface area contributed by atoms with Crippen LogP contribution in [0.2, 0.25) is 0 Å². The van der Waals surface area contributed by atoms with Crippen LogP contribution in [0.4, 0.5) is 10.5 Å². The predicted molar refractivity (Wildman–Crippen MR) is 138 cm³/mol. The Balaban J connectivity index is 1.26. The number of benzene rings is 3. The molecule has 0 saturated carbocycles. The lowest BCUT2D eigenvalue weighted by Gasteiger charge is -2.37. The molecule has 180 valence electrons. The molecule has 2 aliphatic rings. The van der Waals surface area contributed by atoms with Crippen LogP contribution in [0.1, 0.15) is 27.0 Å². The van der Waals surface area contributed by atoms with Gasteiger partial charge in [0.2, 0.25) is 0 Å². The van der Waals surface area contributed by atoms with E-state index in [0.29, 0.717) is 24.7 Å². The molecule has 3 aromatic carbocycles. The molecule has 35 heavy (non-hydrogen) atoms. The fourth-order valence-electron chi connectivity index (χ4n) is 5.19. The van der Waals surface area contributed by atoms with Crippen molar-refractivity contribution in [3.05, 3.63) is 89.0 Å². The van der Waals surface area contributed by atoms with Crippen LogP contribution in [-0.4, -0.2) is 61.1 Å². The first kappa shape index (κ1) is 23.1. The van der Waals surface area contributed by atoms with Crippen molar-refractivity contribution < 1.29 is 14.3 Å². The number of amides is 2. The second kappa shape index (κ2) is 9.92. The summed E-state index contributed by atoms with van der Waals surface area (Å²) in [4.78, 5) is 29.2. The van der Waals surface area contributed by atoms with E-state index in [9.17, 15) is 9.59 Å². The van der Waals surface area contributed by atoms with E-state index in [2.05, 4.69) is 53.5 Å². The number of ether oxygens (including phenoxy) is 1. The fraction of sp³-hybridized carbons (Fsp3) is 0.310. The molecule has 1 aliphatic heterocycles. The van der Waals surface area contributed by atoms with Crippen molar-refractivity contribution in [3.63, 3.8) is 0 Å². The van der Waals surface area contributed by atoms with Gasteiger partial charge in [-0.05, 0) is 60.2 Å². The van der Waals surface area contributed by atoms with E-state index in [0.717, 1.165) is 42.7 Å². The van der Waals surface area contributed by atoms with Gasteiger partial charge in [0.05, 0.1) is 7.11 Å². The van der Waals surface area contributed by atoms with Crippen molar-refractivity contribution in [1.29, 1.82) is 0 Å². The zero-order valence-corrected chi connectivity index (χ0v) is 20.3. The van der Waals surface area contributed by atoms with Gasteiger partial charge in [0.15, 0.2) is 0 Å². The van der Waals surface area contributed by atoms with Gasteiger partial charge in [-0.1, -0.05) is 54.1 Å². The van der Waals surface area contributed by atoms with Crippen LogP contribution in [0.3, 0.4) is 0 Å². The van der Waals surface area contributed by atoms with Gasteiger partial charge < -0.3 is 15.0 Å². The fourth-order valence-corrected chi connectivity index (χ4v) is 5.19. The number of nitrogens with zero attached hydrogens (tertiary/aromatic N) is 2. The summed E-state index contributed by atoms with van der Waals surface area (Å²) in [6.45, 7) is 5.16. The summed E-state index contributed by atoms with van der Waals surface area (Å²) in [7, 11) is 1.43. The van der Waals surface area contributed by atoms with E-state index in [1.807, 2.05) is 30.3 Å². The predicted octanol–water partition coefficient (Wildman–Crippen LogP) is 4.77. The molecule has 1 heterocycles. The van der Waals surface area contributed by atoms with E-state index in [-0.39, 0.29) is 12.0 Å². The average molecular weight is 470 g/mol. The number of hydrogen-bond donors (Lipinski definition) is 1. The summed E-state index contributed by atoms with van der Waals surface area (Å²) in [5.74, 6) is -0.102. The van der Waals surface area contributed by atoms with Gasteiger partial charge in [-0.3, -0.25) is 9.69 Å². The van der Waals surface area contributed by atoms with Crippen molar-refractivity contribution >= 4 is 17.7 Å². The molecule has 1 N–H and O–H groups in total. The summed E-state index contributed by atoms with van der Waals surface area (Å²) >= 11 is 0. The van der Waals surface area contributed by atoms with Crippen LogP contribution < -0.4 is 5.32 Å². The van der Waals surface area contributed by atoms with E-state index < -0.39 is 0 Å². The van der Waals surface area contributed by atoms with Crippen LogP contribution in [0.5, 0.6) is 0 Å². The topological polar surface area (TPSA) is 61.9 Å². The summed E-state index contributed by atoms with van der Waals surface area (Å²) in [5.41, 5.74) is 7.26. The van der Waals surface area contributed by atoms with E-state index in [1.165, 1.54) is 23.8 Å². The molecule has 0 bridgehead atoms. The first-order valence-electron chi connectivity index (χ1n) is 12.2. The minimum absolute atomic E-state index is 0.102. The number of piperazine rings is 1.